The van der Waals surface area contributed by atoms with Crippen molar-refractivity contribution in [2.24, 2.45) is 5.92 Å². The number of hydrogen-bond acceptors (Lipinski definition) is 6. The van der Waals surface area contributed by atoms with Crippen molar-refractivity contribution in [2.45, 2.75) is 38.9 Å². The molecule has 3 heterocycles. The highest BCUT2D eigenvalue weighted by Gasteiger charge is 2.42. The average Bonchev–Trinajstić information content (AvgIpc) is 3.32. The molecule has 36 heavy (non-hydrogen) atoms. The Bertz CT molecular complexity index is 1200. The van der Waals surface area contributed by atoms with Gasteiger partial charge in [0.2, 0.25) is 17.6 Å². The molecule has 0 bridgehead atoms. The predicted octanol–water partition coefficient (Wildman–Crippen LogP) is 5.07. The van der Waals surface area contributed by atoms with Crippen molar-refractivity contribution in [1.82, 2.24) is 14.9 Å². The van der Waals surface area contributed by atoms with Crippen LogP contribution in [0.1, 0.15) is 42.9 Å². The van der Waals surface area contributed by atoms with Crippen molar-refractivity contribution in [3.63, 3.8) is 0 Å². The number of oxazole rings is 1. The Balaban J connectivity index is 1.40. The third-order valence-corrected chi connectivity index (χ3v) is 5.79. The van der Waals surface area contributed by atoms with Crippen LogP contribution in [0.4, 0.5) is 24.7 Å². The summed E-state index contributed by atoms with van der Waals surface area (Å²) >= 11 is 0. The van der Waals surface area contributed by atoms with Crippen LogP contribution in [0, 0.1) is 5.92 Å². The number of benzene rings is 1. The van der Waals surface area contributed by atoms with Gasteiger partial charge in [0.25, 0.3) is 5.91 Å². The molecule has 1 aromatic carbocycles. The Morgan fingerprint density at radius 1 is 1.08 bits per heavy atom. The van der Waals surface area contributed by atoms with Crippen LogP contribution in [-0.4, -0.2) is 45.8 Å². The molecule has 0 saturated carbocycles. The van der Waals surface area contributed by atoms with Crippen molar-refractivity contribution < 1.29 is 27.2 Å². The third-order valence-electron chi connectivity index (χ3n) is 5.79. The summed E-state index contributed by atoms with van der Waals surface area (Å²) in [5, 5.41) is 5.69. The molecule has 0 atom stereocenters. The highest BCUT2D eigenvalue weighted by atomic mass is 19.4. The molecule has 8 nitrogen and oxygen atoms in total. The van der Waals surface area contributed by atoms with Gasteiger partial charge >= 0.3 is 6.18 Å². The van der Waals surface area contributed by atoms with Crippen molar-refractivity contribution in [2.75, 3.05) is 23.7 Å². The summed E-state index contributed by atoms with van der Waals surface area (Å²) in [6.07, 6.45) is -2.00. The van der Waals surface area contributed by atoms with Gasteiger partial charge in [-0.1, -0.05) is 32.0 Å². The van der Waals surface area contributed by atoms with Crippen LogP contribution >= 0.6 is 0 Å². The van der Waals surface area contributed by atoms with E-state index in [2.05, 4.69) is 20.6 Å². The molecule has 11 heteroatoms. The van der Waals surface area contributed by atoms with E-state index in [0.29, 0.717) is 24.5 Å². The van der Waals surface area contributed by atoms with Crippen molar-refractivity contribution in [1.29, 1.82) is 0 Å². The first-order valence-electron chi connectivity index (χ1n) is 11.6. The largest absolute Gasteiger partial charge is 0.452 e. The second-order valence-electron chi connectivity index (χ2n) is 8.85. The minimum Gasteiger partial charge on any atom is -0.431 e. The molecule has 1 fully saturated rings. The van der Waals surface area contributed by atoms with E-state index in [1.54, 1.807) is 24.3 Å². The lowest BCUT2D eigenvalue weighted by Gasteiger charge is -2.33. The van der Waals surface area contributed by atoms with E-state index in [1.165, 1.54) is 24.4 Å². The number of aromatic nitrogens is 2. The minimum absolute atomic E-state index is 0.0340. The third kappa shape index (κ3) is 5.84. The number of piperidine rings is 1. The van der Waals surface area contributed by atoms with Crippen LogP contribution in [0.25, 0.3) is 11.5 Å². The lowest BCUT2D eigenvalue weighted by Crippen LogP contribution is -2.44. The topological polar surface area (TPSA) is 100 Å². The summed E-state index contributed by atoms with van der Waals surface area (Å²) in [4.78, 5) is 34.7. The number of hydrogen-bond donors (Lipinski definition) is 2. The Morgan fingerprint density at radius 2 is 1.78 bits per heavy atom. The Labute approximate surface area is 205 Å². The van der Waals surface area contributed by atoms with E-state index < -0.39 is 23.5 Å². The van der Waals surface area contributed by atoms with E-state index in [9.17, 15) is 22.8 Å². The number of anilines is 2. The highest BCUT2D eigenvalue weighted by Crippen LogP contribution is 2.35. The number of carbonyl (C=O) groups excluding carboxylic acids is 2. The fourth-order valence-corrected chi connectivity index (χ4v) is 3.93. The molecule has 1 aliphatic rings. The quantitative estimate of drug-likeness (QED) is 0.489. The van der Waals surface area contributed by atoms with Crippen molar-refractivity contribution in [3.05, 3.63) is 60.1 Å². The van der Waals surface area contributed by atoms with Crippen LogP contribution in [0.3, 0.4) is 0 Å². The number of likely N-dealkylation sites (tertiary alicyclic amines) is 1. The lowest BCUT2D eigenvalue weighted by molar-refractivity contribution is -0.153. The number of amides is 2. The summed E-state index contributed by atoms with van der Waals surface area (Å²) in [5.41, 5.74) is -0.329. The zero-order valence-corrected chi connectivity index (χ0v) is 19.8. The van der Waals surface area contributed by atoms with Gasteiger partial charge in [-0.25, -0.2) is 9.97 Å². The predicted molar refractivity (Wildman–Crippen MR) is 127 cm³/mol. The van der Waals surface area contributed by atoms with Crippen molar-refractivity contribution >= 4 is 23.3 Å². The fraction of sp³-hybridized carbons (Fsp3) is 0.360. The summed E-state index contributed by atoms with van der Waals surface area (Å²) in [6.45, 7) is 5.08. The first-order chi connectivity index (χ1) is 17.1. The summed E-state index contributed by atoms with van der Waals surface area (Å²) in [7, 11) is 0. The zero-order valence-electron chi connectivity index (χ0n) is 19.8. The van der Waals surface area contributed by atoms with Crippen LogP contribution in [-0.2, 0) is 11.0 Å². The van der Waals surface area contributed by atoms with Gasteiger partial charge in [-0.05, 0) is 37.1 Å². The maximum Gasteiger partial charge on any atom is 0.452 e. The van der Waals surface area contributed by atoms with E-state index in [4.69, 9.17) is 4.42 Å². The van der Waals surface area contributed by atoms with Gasteiger partial charge in [0.1, 0.15) is 5.82 Å². The smallest absolute Gasteiger partial charge is 0.431 e. The van der Waals surface area contributed by atoms with Gasteiger partial charge in [0.15, 0.2) is 5.69 Å². The number of nitrogens with one attached hydrogen (secondary N) is 2. The second-order valence-corrected chi connectivity index (χ2v) is 8.85. The highest BCUT2D eigenvalue weighted by molar-refractivity contribution is 6.04. The SMILES string of the molecule is CC(C)C(=O)N1CCC(Nc2ccc(NC(=O)c3nc(-c4ccccc4)oc3C(F)(F)F)cn2)CC1. The Morgan fingerprint density at radius 3 is 2.36 bits per heavy atom. The van der Waals surface area contributed by atoms with E-state index in [1.807, 2.05) is 18.7 Å². The summed E-state index contributed by atoms with van der Waals surface area (Å²) in [5.74, 6) is -2.15. The van der Waals surface area contributed by atoms with Gasteiger partial charge < -0.3 is 20.0 Å². The second kappa shape index (κ2) is 10.4. The maximum atomic E-state index is 13.5. The molecule has 190 valence electrons. The first kappa shape index (κ1) is 25.2. The van der Waals surface area contributed by atoms with Crippen molar-refractivity contribution in [3.8, 4) is 11.5 Å². The molecule has 3 aromatic rings. The Kier molecular flexibility index (Phi) is 7.27. The van der Waals surface area contributed by atoms with Gasteiger partial charge in [-0.3, -0.25) is 9.59 Å². The molecule has 2 amide bonds. The Hall–Kier alpha value is -3.89. The van der Waals surface area contributed by atoms with Crippen LogP contribution in [0.15, 0.2) is 53.1 Å². The number of rotatable bonds is 6. The molecule has 0 radical (unpaired) electrons. The number of halogens is 3. The lowest BCUT2D eigenvalue weighted by atomic mass is 10.0. The number of nitrogens with zero attached hydrogens (tertiary/aromatic N) is 3. The summed E-state index contributed by atoms with van der Waals surface area (Å²) < 4.78 is 45.4. The van der Waals surface area contributed by atoms with E-state index >= 15 is 0 Å². The zero-order chi connectivity index (χ0) is 25.9. The number of carbonyl (C=O) groups is 2. The average molecular weight is 502 g/mol. The number of alkyl halides is 3. The van der Waals surface area contributed by atoms with Crippen LogP contribution < -0.4 is 10.6 Å². The molecule has 1 aliphatic heterocycles. The maximum absolute atomic E-state index is 13.5. The fourth-order valence-electron chi connectivity index (χ4n) is 3.93. The number of pyridine rings is 1. The molecule has 0 spiro atoms. The molecule has 1 saturated heterocycles. The van der Waals surface area contributed by atoms with Gasteiger partial charge in [-0.15, -0.1) is 0 Å². The van der Waals surface area contributed by atoms with Gasteiger partial charge in [-0.2, -0.15) is 13.2 Å². The van der Waals surface area contributed by atoms with Gasteiger partial charge in [0, 0.05) is 30.6 Å². The monoisotopic (exact) mass is 501 g/mol. The molecule has 4 rings (SSSR count). The molecular weight excluding hydrogens is 475 g/mol. The summed E-state index contributed by atoms with van der Waals surface area (Å²) in [6, 6.07) is 11.3. The molecule has 0 aliphatic carbocycles. The normalized spacial score (nSPS) is 14.7. The standard InChI is InChI=1S/C25H26F3N5O3/c1-15(2)24(35)33-12-10-17(11-13-33)30-19-9-8-18(14-29-19)31-22(34)20-21(25(26,27)28)36-23(32-20)16-6-4-3-5-7-16/h3-9,14-15,17H,10-13H2,1-2H3,(H,29,30)(H,31,34). The molecule has 0 unspecified atom stereocenters. The van der Waals surface area contributed by atoms with E-state index in [0.717, 1.165) is 12.8 Å². The van der Waals surface area contributed by atoms with Crippen LogP contribution in [0.2, 0.25) is 0 Å². The van der Waals surface area contributed by atoms with Crippen LogP contribution in [0.5, 0.6) is 0 Å². The first-order valence-corrected chi connectivity index (χ1v) is 11.6. The minimum atomic E-state index is -4.89. The molecule has 2 aromatic heterocycles. The molecular formula is C25H26F3N5O3. The van der Waals surface area contributed by atoms with E-state index in [-0.39, 0.29) is 29.4 Å². The van der Waals surface area contributed by atoms with Gasteiger partial charge in [0.05, 0.1) is 11.9 Å². The molecule has 2 N–H and O–H groups in total.